The van der Waals surface area contributed by atoms with Gasteiger partial charge in [0.25, 0.3) is 0 Å². The Morgan fingerprint density at radius 1 is 1.19 bits per heavy atom. The van der Waals surface area contributed by atoms with Crippen LogP contribution < -0.4 is 5.32 Å². The minimum atomic E-state index is -4.54. The molecule has 1 aliphatic heterocycles. The Balaban J connectivity index is 1.54. The zero-order valence-electron chi connectivity index (χ0n) is 16.8. The summed E-state index contributed by atoms with van der Waals surface area (Å²) in [5.74, 6) is -0.131. The normalized spacial score (nSPS) is 14.4. The van der Waals surface area contributed by atoms with Crippen LogP contribution >= 0.6 is 11.3 Å². The van der Waals surface area contributed by atoms with Crippen LogP contribution in [0.5, 0.6) is 0 Å². The monoisotopic (exact) mass is 448 g/mol. The van der Waals surface area contributed by atoms with Crippen LogP contribution in [-0.4, -0.2) is 50.9 Å². The molecule has 31 heavy (non-hydrogen) atoms. The first kappa shape index (κ1) is 21.0. The lowest BCUT2D eigenvalue weighted by molar-refractivity contribution is -0.141. The number of hydrogen-bond donors (Lipinski definition) is 1. The van der Waals surface area contributed by atoms with E-state index in [9.17, 15) is 18.0 Å². The first-order chi connectivity index (χ1) is 14.7. The maximum Gasteiger partial charge on any atom is 0.433 e. The highest BCUT2D eigenvalue weighted by Gasteiger charge is 2.32. The Labute approximate surface area is 180 Å². The van der Waals surface area contributed by atoms with Crippen LogP contribution in [-0.2, 0) is 12.7 Å². The van der Waals surface area contributed by atoms with Gasteiger partial charge >= 0.3 is 12.2 Å². The molecule has 2 aromatic heterocycles. The van der Waals surface area contributed by atoms with Crippen molar-refractivity contribution in [2.45, 2.75) is 19.6 Å². The van der Waals surface area contributed by atoms with E-state index in [-0.39, 0.29) is 12.0 Å². The van der Waals surface area contributed by atoms with E-state index in [0.717, 1.165) is 33.3 Å². The highest BCUT2D eigenvalue weighted by molar-refractivity contribution is 7.15. The smallest absolute Gasteiger partial charge is 0.326 e. The van der Waals surface area contributed by atoms with Crippen LogP contribution in [0.2, 0.25) is 0 Å². The number of hydrogen-bond acceptors (Lipinski definition) is 6. The van der Waals surface area contributed by atoms with Crippen molar-refractivity contribution < 1.29 is 18.0 Å². The molecule has 0 atom stereocenters. The standard InChI is InChI=1S/C20H19F3N6OS/c1-12-7-13(15-10-25-17(31-15)11-29-6-5-28(2)19(29)30)9-14(8-12)26-18-24-4-3-16(27-18)20(21,22)23/h3-4,7-10H,5-6,11H2,1-2H3,(H,24,26,27). The molecule has 0 unspecified atom stereocenters. The molecule has 1 fully saturated rings. The minimum Gasteiger partial charge on any atom is -0.326 e. The van der Waals surface area contributed by atoms with Gasteiger partial charge < -0.3 is 15.1 Å². The van der Waals surface area contributed by atoms with Crippen molar-refractivity contribution in [1.82, 2.24) is 24.8 Å². The van der Waals surface area contributed by atoms with Gasteiger partial charge in [-0.2, -0.15) is 13.2 Å². The first-order valence-corrected chi connectivity index (χ1v) is 10.2. The van der Waals surface area contributed by atoms with Crippen LogP contribution in [0.4, 0.5) is 29.6 Å². The van der Waals surface area contributed by atoms with Crippen molar-refractivity contribution in [2.24, 2.45) is 0 Å². The number of alkyl halides is 3. The molecule has 1 N–H and O–H groups in total. The van der Waals surface area contributed by atoms with Crippen LogP contribution in [0, 0.1) is 6.92 Å². The molecular formula is C20H19F3N6OS. The Bertz CT molecular complexity index is 1120. The number of benzene rings is 1. The van der Waals surface area contributed by atoms with E-state index in [1.165, 1.54) is 11.3 Å². The molecular weight excluding hydrogens is 429 g/mol. The van der Waals surface area contributed by atoms with Crippen molar-refractivity contribution in [1.29, 1.82) is 0 Å². The van der Waals surface area contributed by atoms with Crippen LogP contribution in [0.1, 0.15) is 16.3 Å². The van der Waals surface area contributed by atoms with Crippen molar-refractivity contribution in [3.05, 3.63) is 52.9 Å². The van der Waals surface area contributed by atoms with Crippen molar-refractivity contribution >= 4 is 29.0 Å². The van der Waals surface area contributed by atoms with Gasteiger partial charge in [0.2, 0.25) is 5.95 Å². The summed E-state index contributed by atoms with van der Waals surface area (Å²) in [5.41, 5.74) is 1.34. The zero-order valence-corrected chi connectivity index (χ0v) is 17.6. The summed E-state index contributed by atoms with van der Waals surface area (Å²) in [7, 11) is 1.77. The molecule has 0 spiro atoms. The third-order valence-electron chi connectivity index (χ3n) is 4.75. The molecule has 3 heterocycles. The van der Waals surface area contributed by atoms with Crippen LogP contribution in [0.3, 0.4) is 0 Å². The van der Waals surface area contributed by atoms with E-state index >= 15 is 0 Å². The molecule has 1 aromatic carbocycles. The van der Waals surface area contributed by atoms with Gasteiger partial charge in [-0.1, -0.05) is 6.07 Å². The Morgan fingerprint density at radius 3 is 2.71 bits per heavy atom. The summed E-state index contributed by atoms with van der Waals surface area (Å²) in [6.45, 7) is 3.70. The van der Waals surface area contributed by atoms with E-state index in [0.29, 0.717) is 25.3 Å². The number of carbonyl (C=O) groups excluding carboxylic acids is 1. The molecule has 1 aliphatic rings. The van der Waals surface area contributed by atoms with Gasteiger partial charge in [0.15, 0.2) is 0 Å². The number of urea groups is 1. The summed E-state index contributed by atoms with van der Waals surface area (Å²) < 4.78 is 38.7. The van der Waals surface area contributed by atoms with Crippen LogP contribution in [0.15, 0.2) is 36.7 Å². The van der Waals surface area contributed by atoms with E-state index in [1.807, 2.05) is 19.1 Å². The van der Waals surface area contributed by atoms with Crippen molar-refractivity contribution in [3.8, 4) is 10.4 Å². The van der Waals surface area contributed by atoms with Crippen molar-refractivity contribution in [2.75, 3.05) is 25.5 Å². The molecule has 3 aromatic rings. The van der Waals surface area contributed by atoms with Gasteiger partial charge in [-0.3, -0.25) is 0 Å². The summed E-state index contributed by atoms with van der Waals surface area (Å²) in [4.78, 5) is 28.2. The van der Waals surface area contributed by atoms with Crippen molar-refractivity contribution in [3.63, 3.8) is 0 Å². The van der Waals surface area contributed by atoms with Gasteiger partial charge in [-0.05, 0) is 36.2 Å². The summed E-state index contributed by atoms with van der Waals surface area (Å²) in [6, 6.07) is 6.38. The number of likely N-dealkylation sites (N-methyl/N-ethyl adjacent to an activating group) is 1. The number of nitrogens with one attached hydrogen (secondary N) is 1. The molecule has 2 amide bonds. The third kappa shape index (κ3) is 4.76. The number of amides is 2. The fraction of sp³-hybridized carbons (Fsp3) is 0.300. The SMILES string of the molecule is Cc1cc(Nc2nccc(C(F)(F)F)n2)cc(-c2cnc(CN3CCN(C)C3=O)s2)c1. The molecule has 0 aliphatic carbocycles. The predicted molar refractivity (Wildman–Crippen MR) is 111 cm³/mol. The second-order valence-corrected chi connectivity index (χ2v) is 8.34. The van der Waals surface area contributed by atoms with Crippen LogP contribution in [0.25, 0.3) is 10.4 Å². The number of nitrogens with zero attached hydrogens (tertiary/aromatic N) is 5. The average Bonchev–Trinajstić information content (AvgIpc) is 3.30. The molecule has 1 saturated heterocycles. The van der Waals surface area contributed by atoms with E-state index in [2.05, 4.69) is 20.3 Å². The van der Waals surface area contributed by atoms with Gasteiger partial charge in [0.1, 0.15) is 10.7 Å². The Morgan fingerprint density at radius 2 is 2.00 bits per heavy atom. The molecule has 162 valence electrons. The third-order valence-corrected chi connectivity index (χ3v) is 5.78. The zero-order chi connectivity index (χ0) is 22.2. The second kappa shape index (κ2) is 8.14. The lowest BCUT2D eigenvalue weighted by atomic mass is 10.1. The maximum absolute atomic E-state index is 12.9. The first-order valence-electron chi connectivity index (χ1n) is 9.43. The molecule has 0 bridgehead atoms. The molecule has 7 nitrogen and oxygen atoms in total. The number of aromatic nitrogens is 3. The topological polar surface area (TPSA) is 74.2 Å². The lowest BCUT2D eigenvalue weighted by Gasteiger charge is -2.13. The fourth-order valence-corrected chi connectivity index (χ4v) is 4.15. The molecule has 4 rings (SSSR count). The number of thiazole rings is 1. The van der Waals surface area contributed by atoms with E-state index in [1.54, 1.807) is 29.1 Å². The Hall–Kier alpha value is -3.21. The molecule has 0 radical (unpaired) electrons. The number of rotatable bonds is 5. The number of anilines is 2. The number of aryl methyl sites for hydroxylation is 1. The van der Waals surface area contributed by atoms with Gasteiger partial charge in [0.05, 0.1) is 11.4 Å². The number of halogens is 3. The highest BCUT2D eigenvalue weighted by atomic mass is 32.1. The minimum absolute atomic E-state index is 0.0140. The Kier molecular flexibility index (Phi) is 5.52. The molecule has 0 saturated carbocycles. The van der Waals surface area contributed by atoms with Gasteiger partial charge in [0, 0.05) is 38.2 Å². The molecule has 11 heteroatoms. The summed E-state index contributed by atoms with van der Waals surface area (Å²) in [5, 5.41) is 3.66. The predicted octanol–water partition coefficient (Wildman–Crippen LogP) is 4.54. The second-order valence-electron chi connectivity index (χ2n) is 7.22. The largest absolute Gasteiger partial charge is 0.433 e. The fourth-order valence-electron chi connectivity index (χ4n) is 3.23. The number of carbonyl (C=O) groups is 1. The van der Waals surface area contributed by atoms with E-state index in [4.69, 9.17) is 0 Å². The average molecular weight is 448 g/mol. The lowest BCUT2D eigenvalue weighted by Crippen LogP contribution is -2.28. The quantitative estimate of drug-likeness (QED) is 0.621. The van der Waals surface area contributed by atoms with Gasteiger partial charge in [-0.25, -0.2) is 19.7 Å². The summed E-state index contributed by atoms with van der Waals surface area (Å²) >= 11 is 1.47. The maximum atomic E-state index is 12.9. The van der Waals surface area contributed by atoms with E-state index < -0.39 is 11.9 Å². The van der Waals surface area contributed by atoms with Gasteiger partial charge in [-0.15, -0.1) is 11.3 Å². The summed E-state index contributed by atoms with van der Waals surface area (Å²) in [6.07, 6.45) is -1.73. The highest BCUT2D eigenvalue weighted by Crippen LogP contribution is 2.32.